The van der Waals surface area contributed by atoms with Gasteiger partial charge in [0.2, 0.25) is 0 Å². The number of benzene rings is 1. The van der Waals surface area contributed by atoms with Crippen molar-refractivity contribution in [2.75, 3.05) is 0 Å². The van der Waals surface area contributed by atoms with E-state index in [1.165, 1.54) is 0 Å². The van der Waals surface area contributed by atoms with E-state index in [2.05, 4.69) is 4.99 Å². The Bertz CT molecular complexity index is 646. The van der Waals surface area contributed by atoms with Crippen molar-refractivity contribution in [1.29, 1.82) is 0 Å². The Morgan fingerprint density at radius 2 is 1.89 bits per heavy atom. The van der Waals surface area contributed by atoms with Crippen LogP contribution in [0.5, 0.6) is 0 Å². The van der Waals surface area contributed by atoms with Crippen LogP contribution in [0.2, 0.25) is 0 Å². The minimum absolute atomic E-state index is 0.0145. The molecular formula is C15H16N2O2. The zero-order valence-electron chi connectivity index (χ0n) is 11.5. The van der Waals surface area contributed by atoms with E-state index in [0.29, 0.717) is 11.4 Å². The van der Waals surface area contributed by atoms with Gasteiger partial charge in [-0.25, -0.2) is 0 Å². The second-order valence-electron chi connectivity index (χ2n) is 5.73. The van der Waals surface area contributed by atoms with Crippen molar-refractivity contribution < 1.29 is 9.59 Å². The predicted octanol–water partition coefficient (Wildman–Crippen LogP) is 2.15. The zero-order chi connectivity index (χ0) is 13.9. The lowest BCUT2D eigenvalue weighted by atomic mass is 9.87. The van der Waals surface area contributed by atoms with Gasteiger partial charge in [-0.05, 0) is 25.8 Å². The molecule has 1 aromatic carbocycles. The lowest BCUT2D eigenvalue weighted by molar-refractivity contribution is -0.126. The summed E-state index contributed by atoms with van der Waals surface area (Å²) in [4.78, 5) is 30.5. The standard InChI is InChI=1S/C15H16N2O2/c1-8(2)15(4)14(19)16-12-10-6-5-9(3)7-11(10)13(18)17(12)15/h5-8H,1-4H3. The number of amidine groups is 1. The second kappa shape index (κ2) is 3.53. The average molecular weight is 256 g/mol. The fraction of sp³-hybridized carbons (Fsp3) is 0.400. The Balaban J connectivity index is 2.22. The Morgan fingerprint density at radius 1 is 1.21 bits per heavy atom. The highest BCUT2D eigenvalue weighted by molar-refractivity contribution is 6.30. The lowest BCUT2D eigenvalue weighted by Gasteiger charge is -2.34. The van der Waals surface area contributed by atoms with Crippen LogP contribution in [0.3, 0.4) is 0 Å². The van der Waals surface area contributed by atoms with Crippen LogP contribution in [0.4, 0.5) is 0 Å². The van der Waals surface area contributed by atoms with Crippen molar-refractivity contribution in [3.63, 3.8) is 0 Å². The van der Waals surface area contributed by atoms with Crippen molar-refractivity contribution in [3.8, 4) is 0 Å². The van der Waals surface area contributed by atoms with E-state index in [1.807, 2.05) is 39.0 Å². The number of hydrogen-bond acceptors (Lipinski definition) is 2. The summed E-state index contributed by atoms with van der Waals surface area (Å²) in [6.45, 7) is 7.63. The van der Waals surface area contributed by atoms with Crippen molar-refractivity contribution in [3.05, 3.63) is 34.9 Å². The number of fused-ring (bicyclic) bond motifs is 3. The van der Waals surface area contributed by atoms with Crippen LogP contribution in [0.25, 0.3) is 0 Å². The maximum atomic E-state index is 12.6. The molecule has 0 spiro atoms. The van der Waals surface area contributed by atoms with Gasteiger partial charge in [0.1, 0.15) is 11.4 Å². The quantitative estimate of drug-likeness (QED) is 0.773. The summed E-state index contributed by atoms with van der Waals surface area (Å²) < 4.78 is 0. The first-order chi connectivity index (χ1) is 8.87. The summed E-state index contributed by atoms with van der Waals surface area (Å²) >= 11 is 0. The molecule has 0 saturated heterocycles. The van der Waals surface area contributed by atoms with E-state index in [9.17, 15) is 9.59 Å². The van der Waals surface area contributed by atoms with Gasteiger partial charge in [0.25, 0.3) is 11.8 Å². The second-order valence-corrected chi connectivity index (χ2v) is 5.73. The molecule has 0 fully saturated rings. The highest BCUT2D eigenvalue weighted by atomic mass is 16.2. The third kappa shape index (κ3) is 1.31. The number of carbonyl (C=O) groups is 2. The van der Waals surface area contributed by atoms with E-state index in [0.717, 1.165) is 11.1 Å². The van der Waals surface area contributed by atoms with Crippen LogP contribution >= 0.6 is 0 Å². The summed E-state index contributed by atoms with van der Waals surface area (Å²) in [5.41, 5.74) is 1.59. The minimum Gasteiger partial charge on any atom is -0.277 e. The topological polar surface area (TPSA) is 49.7 Å². The van der Waals surface area contributed by atoms with Gasteiger partial charge in [0, 0.05) is 5.56 Å². The number of aliphatic imine (C=N–C) groups is 1. The zero-order valence-corrected chi connectivity index (χ0v) is 11.5. The Hall–Kier alpha value is -1.97. The molecule has 1 aromatic rings. The first kappa shape index (κ1) is 12.1. The third-order valence-corrected chi connectivity index (χ3v) is 4.29. The fourth-order valence-corrected chi connectivity index (χ4v) is 2.72. The molecule has 0 bridgehead atoms. The summed E-state index contributed by atoms with van der Waals surface area (Å²) in [5, 5.41) is 0. The molecule has 2 amide bonds. The fourth-order valence-electron chi connectivity index (χ4n) is 2.72. The van der Waals surface area contributed by atoms with Crippen molar-refractivity contribution in [2.24, 2.45) is 10.9 Å². The van der Waals surface area contributed by atoms with Gasteiger partial charge in [-0.2, -0.15) is 4.99 Å². The molecular weight excluding hydrogens is 240 g/mol. The SMILES string of the molecule is Cc1ccc2c(c1)C(=O)N1C2=NC(=O)C1(C)C(C)C. The van der Waals surface area contributed by atoms with Crippen LogP contribution in [-0.2, 0) is 4.79 Å². The van der Waals surface area contributed by atoms with Gasteiger partial charge in [0.15, 0.2) is 0 Å². The highest BCUT2D eigenvalue weighted by Gasteiger charge is 2.55. The molecule has 0 aromatic heterocycles. The first-order valence-electron chi connectivity index (χ1n) is 6.46. The largest absolute Gasteiger partial charge is 0.277 e. The number of nitrogens with zero attached hydrogens (tertiary/aromatic N) is 2. The molecule has 4 heteroatoms. The van der Waals surface area contributed by atoms with Crippen molar-refractivity contribution in [1.82, 2.24) is 4.90 Å². The Kier molecular flexibility index (Phi) is 2.24. The van der Waals surface area contributed by atoms with E-state index in [4.69, 9.17) is 0 Å². The summed E-state index contributed by atoms with van der Waals surface area (Å²) in [5.74, 6) is 0.193. The molecule has 0 saturated carbocycles. The van der Waals surface area contributed by atoms with Crippen LogP contribution in [0, 0.1) is 12.8 Å². The van der Waals surface area contributed by atoms with Crippen molar-refractivity contribution in [2.45, 2.75) is 33.2 Å². The molecule has 0 N–H and O–H groups in total. The van der Waals surface area contributed by atoms with Gasteiger partial charge in [-0.3, -0.25) is 14.5 Å². The average Bonchev–Trinajstić information content (AvgIpc) is 2.76. The van der Waals surface area contributed by atoms with E-state index >= 15 is 0 Å². The maximum Gasteiger partial charge on any atom is 0.274 e. The van der Waals surface area contributed by atoms with Gasteiger partial charge < -0.3 is 0 Å². The number of aryl methyl sites for hydroxylation is 1. The van der Waals surface area contributed by atoms with Gasteiger partial charge in [-0.1, -0.05) is 31.5 Å². The van der Waals surface area contributed by atoms with E-state index in [1.54, 1.807) is 11.8 Å². The molecule has 2 aliphatic rings. The minimum atomic E-state index is -0.862. The monoisotopic (exact) mass is 256 g/mol. The maximum absolute atomic E-state index is 12.6. The molecule has 0 aliphatic carbocycles. The summed E-state index contributed by atoms with van der Waals surface area (Å²) in [6, 6.07) is 5.68. The highest BCUT2D eigenvalue weighted by Crippen LogP contribution is 2.39. The first-order valence-corrected chi connectivity index (χ1v) is 6.46. The smallest absolute Gasteiger partial charge is 0.274 e. The number of carbonyl (C=O) groups excluding carboxylic acids is 2. The molecule has 98 valence electrons. The lowest BCUT2D eigenvalue weighted by Crippen LogP contribution is -2.53. The van der Waals surface area contributed by atoms with Gasteiger partial charge >= 0.3 is 0 Å². The molecule has 2 heterocycles. The Labute approximate surface area is 112 Å². The van der Waals surface area contributed by atoms with Crippen molar-refractivity contribution >= 4 is 17.6 Å². The van der Waals surface area contributed by atoms with E-state index in [-0.39, 0.29) is 17.7 Å². The molecule has 4 nitrogen and oxygen atoms in total. The summed E-state index contributed by atoms with van der Waals surface area (Å²) in [7, 11) is 0. The normalized spacial score (nSPS) is 24.9. The molecule has 1 atom stereocenters. The van der Waals surface area contributed by atoms with Crippen LogP contribution in [-0.4, -0.2) is 28.1 Å². The van der Waals surface area contributed by atoms with Crippen LogP contribution in [0.15, 0.2) is 23.2 Å². The number of hydrogen-bond donors (Lipinski definition) is 0. The molecule has 19 heavy (non-hydrogen) atoms. The summed E-state index contributed by atoms with van der Waals surface area (Å²) in [6.07, 6.45) is 0. The third-order valence-electron chi connectivity index (χ3n) is 4.29. The number of rotatable bonds is 1. The molecule has 3 rings (SSSR count). The van der Waals surface area contributed by atoms with Crippen LogP contribution < -0.4 is 0 Å². The van der Waals surface area contributed by atoms with Gasteiger partial charge in [-0.15, -0.1) is 0 Å². The molecule has 2 aliphatic heterocycles. The predicted molar refractivity (Wildman–Crippen MR) is 72.1 cm³/mol. The molecule has 1 unspecified atom stereocenters. The van der Waals surface area contributed by atoms with E-state index < -0.39 is 5.54 Å². The Morgan fingerprint density at radius 3 is 2.53 bits per heavy atom. The molecule has 0 radical (unpaired) electrons. The number of amides is 2. The van der Waals surface area contributed by atoms with Gasteiger partial charge in [0.05, 0.1) is 5.56 Å². The van der Waals surface area contributed by atoms with Crippen LogP contribution in [0.1, 0.15) is 42.3 Å².